The van der Waals surface area contributed by atoms with Crippen LogP contribution in [0, 0.1) is 0 Å². The summed E-state index contributed by atoms with van der Waals surface area (Å²) < 4.78 is 5.78. The van der Waals surface area contributed by atoms with E-state index in [2.05, 4.69) is 5.32 Å². The summed E-state index contributed by atoms with van der Waals surface area (Å²) in [5.74, 6) is -0.0286. The van der Waals surface area contributed by atoms with Crippen molar-refractivity contribution in [2.75, 3.05) is 13.1 Å². The molecule has 0 saturated carbocycles. The summed E-state index contributed by atoms with van der Waals surface area (Å²) in [6, 6.07) is 4.86. The van der Waals surface area contributed by atoms with Crippen LogP contribution in [0.4, 0.5) is 0 Å². The van der Waals surface area contributed by atoms with E-state index in [0.717, 1.165) is 25.9 Å². The van der Waals surface area contributed by atoms with Crippen LogP contribution in [0.5, 0.6) is 5.75 Å². The fraction of sp³-hybridized carbons (Fsp3) is 0.417. The number of ether oxygens (including phenoxy) is 1. The third-order valence-corrected chi connectivity index (χ3v) is 2.99. The summed E-state index contributed by atoms with van der Waals surface area (Å²) >= 11 is 5.89. The predicted molar refractivity (Wildman–Crippen MR) is 66.5 cm³/mol. The highest BCUT2D eigenvalue weighted by Gasteiger charge is 2.18. The molecule has 1 aromatic carbocycles. The van der Waals surface area contributed by atoms with E-state index in [-0.39, 0.29) is 6.10 Å². The summed E-state index contributed by atoms with van der Waals surface area (Å²) in [5, 5.41) is 3.78. The van der Waals surface area contributed by atoms with Gasteiger partial charge in [0.05, 0.1) is 5.56 Å². The van der Waals surface area contributed by atoms with Crippen molar-refractivity contribution in [3.05, 3.63) is 28.8 Å². The Bertz CT molecular complexity index is 417. The Balaban J connectivity index is 2.17. The normalized spacial score (nSPS) is 19.9. The van der Waals surface area contributed by atoms with Gasteiger partial charge in [-0.15, -0.1) is 0 Å². The van der Waals surface area contributed by atoms with Crippen LogP contribution in [0.25, 0.3) is 0 Å². The molecule has 1 aliphatic rings. The quantitative estimate of drug-likeness (QED) is 0.861. The van der Waals surface area contributed by atoms with Gasteiger partial charge in [0, 0.05) is 11.6 Å². The van der Waals surface area contributed by atoms with Gasteiger partial charge in [0.15, 0.2) is 0 Å². The average Bonchev–Trinajstić information content (AvgIpc) is 2.30. The number of nitrogens with one attached hydrogen (secondary N) is 1. The third-order valence-electron chi connectivity index (χ3n) is 2.75. The first-order chi connectivity index (χ1) is 8.16. The fourth-order valence-electron chi connectivity index (χ4n) is 1.90. The van der Waals surface area contributed by atoms with Crippen LogP contribution in [0.1, 0.15) is 23.2 Å². The first-order valence-electron chi connectivity index (χ1n) is 5.63. The number of primary amides is 1. The maximum atomic E-state index is 11.3. The van der Waals surface area contributed by atoms with Crippen LogP contribution < -0.4 is 15.8 Å². The maximum absolute atomic E-state index is 11.3. The summed E-state index contributed by atoms with van der Waals surface area (Å²) in [5.41, 5.74) is 5.67. The van der Waals surface area contributed by atoms with Gasteiger partial charge in [-0.25, -0.2) is 0 Å². The zero-order valence-electron chi connectivity index (χ0n) is 9.41. The molecule has 0 aliphatic carbocycles. The van der Waals surface area contributed by atoms with Gasteiger partial charge in [-0.1, -0.05) is 11.6 Å². The van der Waals surface area contributed by atoms with Crippen molar-refractivity contribution in [3.63, 3.8) is 0 Å². The van der Waals surface area contributed by atoms with Crippen LogP contribution >= 0.6 is 11.6 Å². The summed E-state index contributed by atoms with van der Waals surface area (Å²) in [6.07, 6.45) is 2.11. The van der Waals surface area contributed by atoms with Crippen molar-refractivity contribution in [1.82, 2.24) is 5.32 Å². The zero-order chi connectivity index (χ0) is 12.3. The Morgan fingerprint density at radius 3 is 3.00 bits per heavy atom. The lowest BCUT2D eigenvalue weighted by molar-refractivity contribution is 0.0990. The van der Waals surface area contributed by atoms with Gasteiger partial charge in [0.1, 0.15) is 11.9 Å². The van der Waals surface area contributed by atoms with E-state index in [9.17, 15) is 4.79 Å². The molecule has 2 rings (SSSR count). The van der Waals surface area contributed by atoms with Gasteiger partial charge in [0.2, 0.25) is 0 Å². The Labute approximate surface area is 105 Å². The van der Waals surface area contributed by atoms with Crippen molar-refractivity contribution >= 4 is 17.5 Å². The van der Waals surface area contributed by atoms with E-state index in [1.165, 1.54) is 0 Å². The molecule has 0 radical (unpaired) electrons. The minimum Gasteiger partial charge on any atom is -0.488 e. The maximum Gasteiger partial charge on any atom is 0.252 e. The monoisotopic (exact) mass is 254 g/mol. The lowest BCUT2D eigenvalue weighted by Crippen LogP contribution is -2.37. The molecule has 0 spiro atoms. The molecule has 1 fully saturated rings. The third kappa shape index (κ3) is 3.11. The average molecular weight is 255 g/mol. The highest BCUT2D eigenvalue weighted by Crippen LogP contribution is 2.25. The molecule has 1 amide bonds. The smallest absolute Gasteiger partial charge is 0.252 e. The molecule has 92 valence electrons. The molecule has 4 nitrogen and oxygen atoms in total. The second-order valence-electron chi connectivity index (χ2n) is 4.09. The molecule has 3 N–H and O–H groups in total. The molecule has 5 heteroatoms. The predicted octanol–water partition coefficient (Wildman–Crippen LogP) is 1.57. The number of piperidine rings is 1. The zero-order valence-corrected chi connectivity index (χ0v) is 10.2. The molecular weight excluding hydrogens is 240 g/mol. The van der Waals surface area contributed by atoms with E-state index in [4.69, 9.17) is 22.1 Å². The Morgan fingerprint density at radius 2 is 2.35 bits per heavy atom. The number of halogens is 1. The largest absolute Gasteiger partial charge is 0.488 e. The number of rotatable bonds is 3. The number of hydrogen-bond donors (Lipinski definition) is 2. The molecule has 17 heavy (non-hydrogen) atoms. The molecule has 1 saturated heterocycles. The standard InChI is InChI=1S/C12H15ClN2O2/c13-8-3-4-10(12(14)16)11(6-8)17-9-2-1-5-15-7-9/h3-4,6,9,15H,1-2,5,7H2,(H2,14,16)/t9-/m0/s1. The van der Waals surface area contributed by atoms with Crippen molar-refractivity contribution in [3.8, 4) is 5.75 Å². The molecule has 0 unspecified atom stereocenters. The molecular formula is C12H15ClN2O2. The second kappa shape index (κ2) is 5.38. The van der Waals surface area contributed by atoms with E-state index in [1.807, 2.05) is 0 Å². The van der Waals surface area contributed by atoms with E-state index >= 15 is 0 Å². The van der Waals surface area contributed by atoms with Crippen molar-refractivity contribution in [2.45, 2.75) is 18.9 Å². The van der Waals surface area contributed by atoms with Crippen molar-refractivity contribution in [1.29, 1.82) is 0 Å². The first kappa shape index (κ1) is 12.2. The van der Waals surface area contributed by atoms with Gasteiger partial charge in [-0.2, -0.15) is 0 Å². The topological polar surface area (TPSA) is 64.4 Å². The molecule has 1 heterocycles. The molecule has 0 aromatic heterocycles. The number of nitrogens with two attached hydrogens (primary N) is 1. The molecule has 0 bridgehead atoms. The van der Waals surface area contributed by atoms with Crippen LogP contribution in [0.3, 0.4) is 0 Å². The molecule has 1 atom stereocenters. The lowest BCUT2D eigenvalue weighted by atomic mass is 10.1. The Kier molecular flexibility index (Phi) is 3.86. The van der Waals surface area contributed by atoms with Gasteiger partial charge >= 0.3 is 0 Å². The fourth-order valence-corrected chi connectivity index (χ4v) is 2.06. The Hall–Kier alpha value is -1.26. The highest BCUT2D eigenvalue weighted by molar-refractivity contribution is 6.30. The summed E-state index contributed by atoms with van der Waals surface area (Å²) in [6.45, 7) is 1.79. The van der Waals surface area contributed by atoms with E-state index < -0.39 is 5.91 Å². The molecule has 1 aromatic rings. The van der Waals surface area contributed by atoms with Gasteiger partial charge in [0.25, 0.3) is 5.91 Å². The van der Waals surface area contributed by atoms with Gasteiger partial charge in [-0.3, -0.25) is 4.79 Å². The van der Waals surface area contributed by atoms with Crippen molar-refractivity contribution in [2.24, 2.45) is 5.73 Å². The van der Waals surface area contributed by atoms with Crippen molar-refractivity contribution < 1.29 is 9.53 Å². The Morgan fingerprint density at radius 1 is 1.53 bits per heavy atom. The van der Waals surface area contributed by atoms with E-state index in [0.29, 0.717) is 16.3 Å². The van der Waals surface area contributed by atoms with Gasteiger partial charge in [-0.05, 0) is 37.6 Å². The molecule has 1 aliphatic heterocycles. The van der Waals surface area contributed by atoms with Crippen LogP contribution in [-0.4, -0.2) is 25.1 Å². The number of benzene rings is 1. The number of hydrogen-bond acceptors (Lipinski definition) is 3. The summed E-state index contributed by atoms with van der Waals surface area (Å²) in [7, 11) is 0. The van der Waals surface area contributed by atoms with Crippen LogP contribution in [-0.2, 0) is 0 Å². The van der Waals surface area contributed by atoms with Crippen LogP contribution in [0.15, 0.2) is 18.2 Å². The minimum atomic E-state index is -0.500. The van der Waals surface area contributed by atoms with Gasteiger partial charge < -0.3 is 15.8 Å². The number of carbonyl (C=O) groups is 1. The SMILES string of the molecule is NC(=O)c1ccc(Cl)cc1O[C@H]1CCCNC1. The van der Waals surface area contributed by atoms with E-state index in [1.54, 1.807) is 18.2 Å². The number of carbonyl (C=O) groups excluding carboxylic acids is 1. The number of amides is 1. The van der Waals surface area contributed by atoms with Crippen LogP contribution in [0.2, 0.25) is 5.02 Å². The highest BCUT2D eigenvalue weighted by atomic mass is 35.5. The lowest BCUT2D eigenvalue weighted by Gasteiger charge is -2.24. The second-order valence-corrected chi connectivity index (χ2v) is 4.53. The first-order valence-corrected chi connectivity index (χ1v) is 6.01. The minimum absolute atomic E-state index is 0.0697. The summed E-state index contributed by atoms with van der Waals surface area (Å²) in [4.78, 5) is 11.3.